The minimum atomic E-state index is -0.393. The third-order valence-electron chi connectivity index (χ3n) is 4.73. The molecule has 0 amide bonds. The summed E-state index contributed by atoms with van der Waals surface area (Å²) in [6.45, 7) is 3.93. The van der Waals surface area contributed by atoms with Crippen molar-refractivity contribution < 1.29 is 9.84 Å². The highest BCUT2D eigenvalue weighted by molar-refractivity contribution is 6.01. The number of aromatic amines is 1. The molecule has 0 saturated carbocycles. The van der Waals surface area contributed by atoms with E-state index in [-0.39, 0.29) is 23.1 Å². The van der Waals surface area contributed by atoms with Crippen molar-refractivity contribution in [2.45, 2.75) is 13.8 Å². The molecule has 0 unspecified atom stereocenters. The summed E-state index contributed by atoms with van der Waals surface area (Å²) in [5, 5.41) is 23.5. The monoisotopic (exact) mass is 432 g/mol. The van der Waals surface area contributed by atoms with Gasteiger partial charge in [0.1, 0.15) is 11.4 Å². The molecular weight excluding hydrogens is 412 g/mol. The van der Waals surface area contributed by atoms with E-state index in [2.05, 4.69) is 25.7 Å². The quantitative estimate of drug-likeness (QED) is 0.314. The largest absolute Gasteiger partial charge is 0.494 e. The third kappa shape index (κ3) is 3.93. The number of hydrogen-bond acceptors (Lipinski definition) is 8. The fourth-order valence-corrected chi connectivity index (χ4v) is 3.19. The van der Waals surface area contributed by atoms with E-state index < -0.39 is 5.56 Å². The molecule has 2 aromatic heterocycles. The Morgan fingerprint density at radius 1 is 1.12 bits per heavy atom. The molecule has 32 heavy (non-hydrogen) atoms. The number of hydrazone groups is 1. The first-order valence-electron chi connectivity index (χ1n) is 9.82. The van der Waals surface area contributed by atoms with Crippen LogP contribution < -0.4 is 21.3 Å². The van der Waals surface area contributed by atoms with Crippen LogP contribution >= 0.6 is 0 Å². The lowest BCUT2D eigenvalue weighted by atomic mass is 10.1. The van der Waals surface area contributed by atoms with Crippen LogP contribution in [0.3, 0.4) is 0 Å². The second kappa shape index (κ2) is 8.72. The van der Waals surface area contributed by atoms with E-state index in [9.17, 15) is 14.7 Å². The van der Waals surface area contributed by atoms with E-state index in [4.69, 9.17) is 4.74 Å². The Kier molecular flexibility index (Phi) is 5.67. The highest BCUT2D eigenvalue weighted by Crippen LogP contribution is 2.26. The molecule has 0 spiro atoms. The van der Waals surface area contributed by atoms with Gasteiger partial charge in [0.05, 0.1) is 24.1 Å². The maximum Gasteiger partial charge on any atom is 0.274 e. The number of H-pyrrole nitrogens is 1. The molecule has 2 aromatic carbocycles. The van der Waals surface area contributed by atoms with Crippen molar-refractivity contribution in [3.8, 4) is 17.3 Å². The van der Waals surface area contributed by atoms with Crippen LogP contribution in [0, 0.1) is 6.92 Å². The number of nitrogens with zero attached hydrogens (tertiary/aromatic N) is 4. The number of hydrogen-bond donors (Lipinski definition) is 3. The highest BCUT2D eigenvalue weighted by Gasteiger charge is 2.16. The fraction of sp³-hybridized carbons (Fsp3) is 0.136. The van der Waals surface area contributed by atoms with Crippen LogP contribution in [0.25, 0.3) is 16.5 Å². The molecule has 0 aliphatic carbocycles. The molecular formula is C22H20N6O4. The van der Waals surface area contributed by atoms with Gasteiger partial charge in [-0.15, -0.1) is 10.2 Å². The molecule has 0 fully saturated rings. The predicted molar refractivity (Wildman–Crippen MR) is 121 cm³/mol. The smallest absolute Gasteiger partial charge is 0.274 e. The Bertz CT molecular complexity index is 1420. The molecule has 2 heterocycles. The van der Waals surface area contributed by atoms with Gasteiger partial charge in [-0.2, -0.15) is 5.10 Å². The maximum absolute atomic E-state index is 13.1. The minimum absolute atomic E-state index is 0.0421. The molecule has 4 aromatic rings. The molecule has 10 heteroatoms. The van der Waals surface area contributed by atoms with E-state index in [0.717, 1.165) is 0 Å². The van der Waals surface area contributed by atoms with Gasteiger partial charge >= 0.3 is 0 Å². The van der Waals surface area contributed by atoms with Crippen molar-refractivity contribution in [3.63, 3.8) is 0 Å². The first-order chi connectivity index (χ1) is 15.5. The van der Waals surface area contributed by atoms with Crippen LogP contribution in [0.4, 0.5) is 5.95 Å². The van der Waals surface area contributed by atoms with Crippen molar-refractivity contribution in [1.29, 1.82) is 0 Å². The van der Waals surface area contributed by atoms with Crippen molar-refractivity contribution >= 4 is 22.9 Å². The number of aryl methyl sites for hydroxylation is 1. The number of rotatable bonds is 6. The van der Waals surface area contributed by atoms with Crippen LogP contribution in [-0.2, 0) is 0 Å². The zero-order valence-corrected chi connectivity index (χ0v) is 17.4. The van der Waals surface area contributed by atoms with E-state index >= 15 is 0 Å². The predicted octanol–water partition coefficient (Wildman–Crippen LogP) is 2.33. The van der Waals surface area contributed by atoms with Crippen LogP contribution in [0.2, 0.25) is 0 Å². The third-order valence-corrected chi connectivity index (χ3v) is 4.73. The molecule has 0 radical (unpaired) electrons. The molecule has 0 aliphatic rings. The maximum atomic E-state index is 13.1. The number of nitrogens with one attached hydrogen (secondary N) is 2. The molecule has 0 bridgehead atoms. The van der Waals surface area contributed by atoms with Gasteiger partial charge in [0.15, 0.2) is 0 Å². The average molecular weight is 432 g/mol. The molecule has 0 aliphatic heterocycles. The number of aromatic hydroxyl groups is 1. The molecule has 0 saturated heterocycles. The van der Waals surface area contributed by atoms with Crippen molar-refractivity contribution in [3.05, 3.63) is 80.5 Å². The van der Waals surface area contributed by atoms with Crippen molar-refractivity contribution in [1.82, 2.24) is 19.7 Å². The standard InChI is InChI=1S/C22H20N6O4/c1-3-32-15-10-8-14(9-11-15)28-20(30)17-7-5-4-6-16(17)18(21(28)31)12-23-26-22-24-19(29)13(2)25-27-22/h4-12,31H,3H2,1-2H3,(H2,24,26,27,29)/b23-12+. The van der Waals surface area contributed by atoms with Gasteiger partial charge < -0.3 is 9.84 Å². The van der Waals surface area contributed by atoms with Crippen molar-refractivity contribution in [2.75, 3.05) is 12.0 Å². The van der Waals surface area contributed by atoms with Crippen LogP contribution in [0.5, 0.6) is 11.6 Å². The summed E-state index contributed by atoms with van der Waals surface area (Å²) >= 11 is 0. The summed E-state index contributed by atoms with van der Waals surface area (Å²) in [6.07, 6.45) is 1.35. The normalized spacial score (nSPS) is 11.2. The second-order valence-corrected chi connectivity index (χ2v) is 6.81. The summed E-state index contributed by atoms with van der Waals surface area (Å²) in [5.41, 5.74) is 2.81. The Morgan fingerprint density at radius 2 is 1.84 bits per heavy atom. The fourth-order valence-electron chi connectivity index (χ4n) is 3.19. The number of ether oxygens (including phenoxy) is 1. The lowest BCUT2D eigenvalue weighted by Gasteiger charge is -2.14. The van der Waals surface area contributed by atoms with Crippen LogP contribution in [0.15, 0.2) is 63.2 Å². The average Bonchev–Trinajstić information content (AvgIpc) is 2.80. The highest BCUT2D eigenvalue weighted by atomic mass is 16.5. The number of aromatic nitrogens is 4. The molecule has 4 rings (SSSR count). The molecule has 3 N–H and O–H groups in total. The number of benzene rings is 2. The molecule has 162 valence electrons. The Hall–Kier alpha value is -4.47. The Labute approximate surface area is 181 Å². The zero-order chi connectivity index (χ0) is 22.7. The summed E-state index contributed by atoms with van der Waals surface area (Å²) in [5.74, 6) is 0.413. The lowest BCUT2D eigenvalue weighted by Crippen LogP contribution is -2.20. The van der Waals surface area contributed by atoms with Crippen LogP contribution in [0.1, 0.15) is 18.2 Å². The summed E-state index contributed by atoms with van der Waals surface area (Å²) in [7, 11) is 0. The van der Waals surface area contributed by atoms with Crippen LogP contribution in [-0.4, -0.2) is 37.7 Å². The topological polar surface area (TPSA) is 134 Å². The van der Waals surface area contributed by atoms with Gasteiger partial charge in [-0.25, -0.2) is 9.99 Å². The summed E-state index contributed by atoms with van der Waals surface area (Å²) < 4.78 is 6.65. The van der Waals surface area contributed by atoms with Gasteiger partial charge in [0, 0.05) is 10.8 Å². The Balaban J connectivity index is 1.80. The zero-order valence-electron chi connectivity index (χ0n) is 17.4. The van der Waals surface area contributed by atoms with Gasteiger partial charge in [0.25, 0.3) is 11.1 Å². The summed E-state index contributed by atoms with van der Waals surface area (Å²) in [6, 6.07) is 13.7. The second-order valence-electron chi connectivity index (χ2n) is 6.81. The SMILES string of the molecule is CCOc1ccc(-n2c(O)c(/C=N/Nc3nnc(C)c(=O)[nH]3)c3ccccc3c2=O)cc1. The number of pyridine rings is 1. The van der Waals surface area contributed by atoms with Crippen molar-refractivity contribution in [2.24, 2.45) is 5.10 Å². The minimum Gasteiger partial charge on any atom is -0.494 e. The number of fused-ring (bicyclic) bond motifs is 1. The lowest BCUT2D eigenvalue weighted by molar-refractivity contribution is 0.340. The van der Waals surface area contributed by atoms with Gasteiger partial charge in [-0.1, -0.05) is 18.2 Å². The van der Waals surface area contributed by atoms with Gasteiger partial charge in [0.2, 0.25) is 11.8 Å². The molecule has 0 atom stereocenters. The van der Waals surface area contributed by atoms with Gasteiger partial charge in [-0.3, -0.25) is 14.6 Å². The van der Waals surface area contributed by atoms with E-state index in [1.165, 1.54) is 17.7 Å². The number of anilines is 1. The van der Waals surface area contributed by atoms with E-state index in [1.807, 2.05) is 6.92 Å². The first-order valence-corrected chi connectivity index (χ1v) is 9.82. The first kappa shape index (κ1) is 20.8. The summed E-state index contributed by atoms with van der Waals surface area (Å²) in [4.78, 5) is 27.3. The van der Waals surface area contributed by atoms with Gasteiger partial charge in [-0.05, 0) is 44.2 Å². The Morgan fingerprint density at radius 3 is 2.53 bits per heavy atom. The van der Waals surface area contributed by atoms with E-state index in [0.29, 0.717) is 34.4 Å². The molecule has 10 nitrogen and oxygen atoms in total. The van der Waals surface area contributed by atoms with E-state index in [1.54, 1.807) is 48.5 Å².